The SMILES string of the molecule is Cc1cc(-n2c3ccccc3c3cc4ccccc4cc32)cc(C#N)c1C1N=C(c2ccccc2)Nc2cc(C#N)cc(C#N)c21. The molecule has 0 amide bonds. The lowest BCUT2D eigenvalue weighted by atomic mass is 9.86. The third-order valence-electron chi connectivity index (χ3n) is 8.83. The fraction of sp³-hybridized carbons (Fsp3) is 0.0500. The van der Waals surface area contributed by atoms with Gasteiger partial charge in [0.15, 0.2) is 0 Å². The molecule has 6 nitrogen and oxygen atoms in total. The zero-order valence-electron chi connectivity index (χ0n) is 24.8. The summed E-state index contributed by atoms with van der Waals surface area (Å²) in [4.78, 5) is 5.14. The minimum absolute atomic E-state index is 0.351. The minimum atomic E-state index is -0.639. The maximum absolute atomic E-state index is 10.7. The van der Waals surface area contributed by atoms with Crippen molar-refractivity contribution in [3.05, 3.63) is 154 Å². The summed E-state index contributed by atoms with van der Waals surface area (Å²) >= 11 is 0. The van der Waals surface area contributed by atoms with Crippen molar-refractivity contribution in [2.24, 2.45) is 4.99 Å². The second kappa shape index (κ2) is 10.5. The van der Waals surface area contributed by atoms with Gasteiger partial charge in [-0.25, -0.2) is 0 Å². The van der Waals surface area contributed by atoms with Gasteiger partial charge < -0.3 is 9.88 Å². The van der Waals surface area contributed by atoms with Crippen LogP contribution in [0, 0.1) is 40.9 Å². The first kappa shape index (κ1) is 26.9. The van der Waals surface area contributed by atoms with Crippen molar-refractivity contribution in [2.75, 3.05) is 5.32 Å². The van der Waals surface area contributed by atoms with Gasteiger partial charge in [-0.3, -0.25) is 4.99 Å². The van der Waals surface area contributed by atoms with Gasteiger partial charge in [-0.05, 0) is 65.7 Å². The number of fused-ring (bicyclic) bond motifs is 5. The van der Waals surface area contributed by atoms with Crippen LogP contribution in [0.5, 0.6) is 0 Å². The van der Waals surface area contributed by atoms with E-state index < -0.39 is 6.04 Å². The average Bonchev–Trinajstić information content (AvgIpc) is 3.42. The molecule has 214 valence electrons. The van der Waals surface area contributed by atoms with Crippen LogP contribution in [0.3, 0.4) is 0 Å². The molecule has 0 spiro atoms. The number of para-hydroxylation sites is 1. The van der Waals surface area contributed by atoms with Gasteiger partial charge in [0.05, 0.1) is 45.9 Å². The Morgan fingerprint density at radius 2 is 1.35 bits per heavy atom. The van der Waals surface area contributed by atoms with Gasteiger partial charge in [0.2, 0.25) is 0 Å². The highest BCUT2D eigenvalue weighted by molar-refractivity contribution is 6.14. The number of aryl methyl sites for hydroxylation is 1. The normalized spacial score (nSPS) is 13.8. The van der Waals surface area contributed by atoms with Crippen molar-refractivity contribution < 1.29 is 0 Å². The van der Waals surface area contributed by atoms with E-state index in [1.807, 2.05) is 55.5 Å². The van der Waals surface area contributed by atoms with E-state index >= 15 is 0 Å². The number of nitrogens with zero attached hydrogens (tertiary/aromatic N) is 5. The Bertz CT molecular complexity index is 2550. The summed E-state index contributed by atoms with van der Waals surface area (Å²) in [6, 6.07) is 44.5. The number of benzene rings is 6. The number of aliphatic imine (C=N–C) groups is 1. The molecule has 1 aliphatic heterocycles. The summed E-state index contributed by atoms with van der Waals surface area (Å²) in [7, 11) is 0. The molecule has 1 N–H and O–H groups in total. The minimum Gasteiger partial charge on any atom is -0.340 e. The third-order valence-corrected chi connectivity index (χ3v) is 8.83. The number of aromatic nitrogens is 1. The molecular formula is C40H24N6. The Morgan fingerprint density at radius 1 is 0.652 bits per heavy atom. The fourth-order valence-corrected chi connectivity index (χ4v) is 6.81. The van der Waals surface area contributed by atoms with Crippen LogP contribution >= 0.6 is 0 Å². The molecule has 46 heavy (non-hydrogen) atoms. The summed E-state index contributed by atoms with van der Waals surface area (Å²) in [5.41, 5.74) is 7.95. The number of rotatable bonds is 3. The molecule has 7 aromatic rings. The Hall–Kier alpha value is -6.68. The van der Waals surface area contributed by atoms with Crippen LogP contribution in [0.4, 0.5) is 5.69 Å². The van der Waals surface area contributed by atoms with Crippen molar-refractivity contribution in [3.63, 3.8) is 0 Å². The molecule has 1 aliphatic rings. The van der Waals surface area contributed by atoms with Gasteiger partial charge in [-0.2, -0.15) is 15.8 Å². The zero-order chi connectivity index (χ0) is 31.4. The molecule has 1 atom stereocenters. The van der Waals surface area contributed by atoms with E-state index in [4.69, 9.17) is 4.99 Å². The van der Waals surface area contributed by atoms with E-state index in [9.17, 15) is 15.8 Å². The van der Waals surface area contributed by atoms with Crippen molar-refractivity contribution in [3.8, 4) is 23.9 Å². The number of anilines is 1. The lowest BCUT2D eigenvalue weighted by molar-refractivity contribution is 0.845. The van der Waals surface area contributed by atoms with E-state index in [1.54, 1.807) is 12.1 Å². The third kappa shape index (κ3) is 4.12. The monoisotopic (exact) mass is 588 g/mol. The largest absolute Gasteiger partial charge is 0.340 e. The molecule has 2 heterocycles. The molecule has 0 aliphatic carbocycles. The maximum Gasteiger partial charge on any atom is 0.133 e. The summed E-state index contributed by atoms with van der Waals surface area (Å²) in [6.07, 6.45) is 0. The first-order chi connectivity index (χ1) is 22.6. The number of amidine groups is 1. The highest BCUT2D eigenvalue weighted by Gasteiger charge is 2.31. The molecule has 6 heteroatoms. The van der Waals surface area contributed by atoms with Crippen molar-refractivity contribution in [1.29, 1.82) is 15.8 Å². The first-order valence-corrected chi connectivity index (χ1v) is 14.9. The van der Waals surface area contributed by atoms with Crippen LogP contribution in [0.15, 0.2) is 120 Å². The number of hydrogen-bond donors (Lipinski definition) is 1. The first-order valence-electron chi connectivity index (χ1n) is 14.9. The van der Waals surface area contributed by atoms with E-state index in [1.165, 1.54) is 5.39 Å². The lowest BCUT2D eigenvalue weighted by Gasteiger charge is -2.28. The van der Waals surface area contributed by atoms with Crippen molar-refractivity contribution in [2.45, 2.75) is 13.0 Å². The second-order valence-corrected chi connectivity index (χ2v) is 11.5. The highest BCUT2D eigenvalue weighted by Crippen LogP contribution is 2.43. The Morgan fingerprint density at radius 3 is 2.11 bits per heavy atom. The molecule has 8 rings (SSSR count). The summed E-state index contributed by atoms with van der Waals surface area (Å²) in [5.74, 6) is 0.610. The predicted molar refractivity (Wildman–Crippen MR) is 182 cm³/mol. The van der Waals surface area contributed by atoms with Crippen molar-refractivity contribution in [1.82, 2.24) is 4.57 Å². The Balaban J connectivity index is 1.39. The summed E-state index contributed by atoms with van der Waals surface area (Å²) < 4.78 is 2.23. The Kier molecular flexibility index (Phi) is 6.14. The summed E-state index contributed by atoms with van der Waals surface area (Å²) in [5, 5.41) is 38.6. The molecule has 0 radical (unpaired) electrons. The van der Waals surface area contributed by atoms with Gasteiger partial charge in [-0.15, -0.1) is 0 Å². The van der Waals surface area contributed by atoms with E-state index in [-0.39, 0.29) is 0 Å². The highest BCUT2D eigenvalue weighted by atomic mass is 15.1. The van der Waals surface area contributed by atoms with Crippen molar-refractivity contribution >= 4 is 44.1 Å². The molecule has 1 unspecified atom stereocenters. The van der Waals surface area contributed by atoms with E-state index in [0.717, 1.165) is 49.6 Å². The standard InChI is InChI=1S/C40H24N6/c1-24-15-31(46-35-14-8-7-13-32(35)33-19-27-11-5-6-12-28(27)20-36(33)46)18-30(23-43)37(24)39-38-29(22-42)16-25(21-41)17-34(38)44-40(45-39)26-9-3-2-4-10-26/h2-20,39H,1H3,(H,44,45). The predicted octanol–water partition coefficient (Wildman–Crippen LogP) is 8.82. The van der Waals surface area contributed by atoms with Crippen LogP contribution in [0.2, 0.25) is 0 Å². The molecule has 0 saturated heterocycles. The molecule has 0 bridgehead atoms. The van der Waals surface area contributed by atoms with Gasteiger partial charge in [-0.1, -0.05) is 72.8 Å². The molecule has 0 saturated carbocycles. The topological polar surface area (TPSA) is 101 Å². The maximum atomic E-state index is 10.7. The molecule has 0 fully saturated rings. The van der Waals surface area contributed by atoms with Crippen LogP contribution in [-0.2, 0) is 0 Å². The zero-order valence-corrected chi connectivity index (χ0v) is 24.8. The molecule has 6 aromatic carbocycles. The smallest absolute Gasteiger partial charge is 0.133 e. The van der Waals surface area contributed by atoms with Gasteiger partial charge in [0, 0.05) is 38.8 Å². The number of nitrogens with one attached hydrogen (secondary N) is 1. The molecular weight excluding hydrogens is 564 g/mol. The number of hydrogen-bond acceptors (Lipinski definition) is 5. The lowest BCUT2D eigenvalue weighted by Crippen LogP contribution is -2.24. The van der Waals surface area contributed by atoms with Gasteiger partial charge >= 0.3 is 0 Å². The van der Waals surface area contributed by atoms with Crippen LogP contribution in [0.1, 0.15) is 45.0 Å². The van der Waals surface area contributed by atoms with E-state index in [2.05, 4.69) is 82.7 Å². The Labute approximate surface area is 265 Å². The van der Waals surface area contributed by atoms with Crippen LogP contribution in [0.25, 0.3) is 38.3 Å². The average molecular weight is 589 g/mol. The van der Waals surface area contributed by atoms with Crippen LogP contribution in [-0.4, -0.2) is 10.4 Å². The van der Waals surface area contributed by atoms with Gasteiger partial charge in [0.25, 0.3) is 0 Å². The van der Waals surface area contributed by atoms with E-state index in [0.29, 0.717) is 33.8 Å². The van der Waals surface area contributed by atoms with Crippen LogP contribution < -0.4 is 5.32 Å². The quantitative estimate of drug-likeness (QED) is 0.223. The van der Waals surface area contributed by atoms with Gasteiger partial charge in [0.1, 0.15) is 11.9 Å². The molecule has 1 aromatic heterocycles. The fourth-order valence-electron chi connectivity index (χ4n) is 6.81. The number of nitriles is 3. The summed E-state index contributed by atoms with van der Waals surface area (Å²) in [6.45, 7) is 2.00. The second-order valence-electron chi connectivity index (χ2n) is 11.5.